The van der Waals surface area contributed by atoms with E-state index in [-0.39, 0.29) is 36.3 Å². The van der Waals surface area contributed by atoms with E-state index in [1.807, 2.05) is 6.07 Å². The Bertz CT molecular complexity index is 573. The predicted molar refractivity (Wildman–Crippen MR) is 103 cm³/mol. The molecule has 4 nitrogen and oxygen atoms in total. The van der Waals surface area contributed by atoms with Gasteiger partial charge in [-0.25, -0.2) is 4.99 Å². The molecule has 1 aliphatic rings. The second-order valence-corrected chi connectivity index (χ2v) is 6.20. The van der Waals surface area contributed by atoms with Crippen LogP contribution in [0.4, 0.5) is 13.2 Å². The standard InChI is InChI=1S/C17H24F3N3O.HI/c1-12-7-8-13(15(9-12)24-11-17(18,19)20)10-22-16(21)23-14-5-3-2-4-6-14;/h7-9,14H,2-6,10-11H2,1H3,(H3,21,22,23);1H. The zero-order valence-electron chi connectivity index (χ0n) is 14.2. The molecule has 0 radical (unpaired) electrons. The summed E-state index contributed by atoms with van der Waals surface area (Å²) in [4.78, 5) is 4.25. The molecule has 1 fully saturated rings. The summed E-state index contributed by atoms with van der Waals surface area (Å²) < 4.78 is 42.0. The number of hydrogen-bond donors (Lipinski definition) is 2. The average Bonchev–Trinajstić information content (AvgIpc) is 2.52. The number of hydrogen-bond acceptors (Lipinski definition) is 2. The summed E-state index contributed by atoms with van der Waals surface area (Å²) in [5.41, 5.74) is 7.30. The molecule has 0 unspecified atom stereocenters. The smallest absolute Gasteiger partial charge is 0.422 e. The number of halogens is 4. The molecule has 1 saturated carbocycles. The van der Waals surface area contributed by atoms with Gasteiger partial charge in [0.05, 0.1) is 6.54 Å². The van der Waals surface area contributed by atoms with E-state index in [2.05, 4.69) is 10.3 Å². The number of aryl methyl sites for hydroxylation is 1. The van der Waals surface area contributed by atoms with Gasteiger partial charge in [-0.1, -0.05) is 31.4 Å². The van der Waals surface area contributed by atoms with Crippen LogP contribution in [0.5, 0.6) is 5.75 Å². The van der Waals surface area contributed by atoms with Crippen LogP contribution in [0.15, 0.2) is 23.2 Å². The molecule has 25 heavy (non-hydrogen) atoms. The molecule has 0 amide bonds. The van der Waals surface area contributed by atoms with Gasteiger partial charge in [0.2, 0.25) is 0 Å². The number of guanidine groups is 1. The lowest BCUT2D eigenvalue weighted by molar-refractivity contribution is -0.153. The first-order valence-electron chi connectivity index (χ1n) is 8.19. The van der Waals surface area contributed by atoms with E-state index in [9.17, 15) is 13.2 Å². The molecule has 142 valence electrons. The Hall–Kier alpha value is -1.19. The Balaban J connectivity index is 0.00000312. The fourth-order valence-corrected chi connectivity index (χ4v) is 2.76. The van der Waals surface area contributed by atoms with Crippen molar-refractivity contribution < 1.29 is 17.9 Å². The highest BCUT2D eigenvalue weighted by Gasteiger charge is 2.28. The van der Waals surface area contributed by atoms with Gasteiger partial charge < -0.3 is 15.8 Å². The number of ether oxygens (including phenoxy) is 1. The molecule has 2 rings (SSSR count). The summed E-state index contributed by atoms with van der Waals surface area (Å²) in [5, 5.41) is 3.18. The second-order valence-electron chi connectivity index (χ2n) is 6.20. The first-order chi connectivity index (χ1) is 11.3. The number of aliphatic imine (C=N–C) groups is 1. The minimum atomic E-state index is -4.37. The fourth-order valence-electron chi connectivity index (χ4n) is 2.76. The normalized spacial score (nSPS) is 16.2. The van der Waals surface area contributed by atoms with Crippen molar-refractivity contribution in [1.82, 2.24) is 5.32 Å². The molecule has 0 bridgehead atoms. The summed E-state index contributed by atoms with van der Waals surface area (Å²) in [6, 6.07) is 5.46. The lowest BCUT2D eigenvalue weighted by Gasteiger charge is -2.23. The summed E-state index contributed by atoms with van der Waals surface area (Å²) >= 11 is 0. The van der Waals surface area contributed by atoms with Crippen LogP contribution >= 0.6 is 24.0 Å². The Labute approximate surface area is 163 Å². The highest BCUT2D eigenvalue weighted by molar-refractivity contribution is 14.0. The minimum Gasteiger partial charge on any atom is -0.484 e. The van der Waals surface area contributed by atoms with Gasteiger partial charge in [-0.3, -0.25) is 0 Å². The maximum atomic E-state index is 12.4. The Morgan fingerprint density at radius 3 is 2.60 bits per heavy atom. The topological polar surface area (TPSA) is 59.6 Å². The van der Waals surface area contributed by atoms with Gasteiger partial charge in [-0.05, 0) is 31.4 Å². The Kier molecular flexibility index (Phi) is 8.81. The monoisotopic (exact) mass is 471 g/mol. The average molecular weight is 471 g/mol. The van der Waals surface area contributed by atoms with Crippen molar-refractivity contribution in [3.05, 3.63) is 29.3 Å². The van der Waals surface area contributed by atoms with Crippen LogP contribution in [0.1, 0.15) is 43.2 Å². The fraction of sp³-hybridized carbons (Fsp3) is 0.588. The van der Waals surface area contributed by atoms with Gasteiger partial charge in [0.25, 0.3) is 0 Å². The van der Waals surface area contributed by atoms with Crippen molar-refractivity contribution >= 4 is 29.9 Å². The maximum Gasteiger partial charge on any atom is 0.422 e. The van der Waals surface area contributed by atoms with E-state index < -0.39 is 12.8 Å². The third-order valence-electron chi connectivity index (χ3n) is 3.99. The molecule has 3 N–H and O–H groups in total. The minimum absolute atomic E-state index is 0. The van der Waals surface area contributed by atoms with E-state index in [4.69, 9.17) is 10.5 Å². The highest BCUT2D eigenvalue weighted by Crippen LogP contribution is 2.24. The van der Waals surface area contributed by atoms with Crippen molar-refractivity contribution in [1.29, 1.82) is 0 Å². The highest BCUT2D eigenvalue weighted by atomic mass is 127. The molecule has 1 aromatic carbocycles. The summed E-state index contributed by atoms with van der Waals surface area (Å²) in [5.74, 6) is 0.519. The number of nitrogens with zero attached hydrogens (tertiary/aromatic N) is 1. The lowest BCUT2D eigenvalue weighted by atomic mass is 9.96. The summed E-state index contributed by atoms with van der Waals surface area (Å²) in [6.07, 6.45) is 1.38. The lowest BCUT2D eigenvalue weighted by Crippen LogP contribution is -2.41. The molecule has 0 aliphatic heterocycles. The third kappa shape index (κ3) is 8.15. The summed E-state index contributed by atoms with van der Waals surface area (Å²) in [6.45, 7) is 0.661. The molecular weight excluding hydrogens is 446 g/mol. The zero-order valence-corrected chi connectivity index (χ0v) is 16.6. The molecule has 8 heteroatoms. The first kappa shape index (κ1) is 21.9. The molecule has 0 spiro atoms. The Morgan fingerprint density at radius 2 is 1.96 bits per heavy atom. The van der Waals surface area contributed by atoms with Gasteiger partial charge in [0, 0.05) is 11.6 Å². The van der Waals surface area contributed by atoms with Gasteiger partial charge >= 0.3 is 6.18 Å². The molecule has 0 atom stereocenters. The van der Waals surface area contributed by atoms with Crippen LogP contribution in [-0.4, -0.2) is 24.8 Å². The van der Waals surface area contributed by atoms with Crippen LogP contribution in [-0.2, 0) is 6.54 Å². The Morgan fingerprint density at radius 1 is 1.28 bits per heavy atom. The van der Waals surface area contributed by atoms with Crippen molar-refractivity contribution in [2.75, 3.05) is 6.61 Å². The van der Waals surface area contributed by atoms with Gasteiger partial charge in [-0.15, -0.1) is 24.0 Å². The first-order valence-corrected chi connectivity index (χ1v) is 8.19. The van der Waals surface area contributed by atoms with Crippen LogP contribution < -0.4 is 15.8 Å². The van der Waals surface area contributed by atoms with Crippen molar-refractivity contribution in [3.8, 4) is 5.75 Å². The number of nitrogens with one attached hydrogen (secondary N) is 1. The molecule has 1 aliphatic carbocycles. The van der Waals surface area contributed by atoms with Gasteiger partial charge in [0.15, 0.2) is 12.6 Å². The van der Waals surface area contributed by atoms with Crippen LogP contribution in [0.2, 0.25) is 0 Å². The van der Waals surface area contributed by atoms with Crippen LogP contribution in [0.3, 0.4) is 0 Å². The summed E-state index contributed by atoms with van der Waals surface area (Å²) in [7, 11) is 0. The second kappa shape index (κ2) is 10.1. The quantitative estimate of drug-likeness (QED) is 0.383. The van der Waals surface area contributed by atoms with Crippen LogP contribution in [0.25, 0.3) is 0 Å². The van der Waals surface area contributed by atoms with Crippen LogP contribution in [0, 0.1) is 6.92 Å². The van der Waals surface area contributed by atoms with E-state index in [0.29, 0.717) is 17.6 Å². The number of alkyl halides is 3. The largest absolute Gasteiger partial charge is 0.484 e. The number of nitrogens with two attached hydrogens (primary N) is 1. The number of benzene rings is 1. The molecule has 0 saturated heterocycles. The zero-order chi connectivity index (χ0) is 17.6. The number of rotatable bonds is 5. The maximum absolute atomic E-state index is 12.4. The van der Waals surface area contributed by atoms with Gasteiger partial charge in [-0.2, -0.15) is 13.2 Å². The van der Waals surface area contributed by atoms with Crippen molar-refractivity contribution in [3.63, 3.8) is 0 Å². The molecule has 0 aromatic heterocycles. The molecule has 0 heterocycles. The van der Waals surface area contributed by atoms with E-state index in [1.165, 1.54) is 19.3 Å². The molecular formula is C17H25F3IN3O. The van der Waals surface area contributed by atoms with Crippen molar-refractivity contribution in [2.24, 2.45) is 10.7 Å². The van der Waals surface area contributed by atoms with Gasteiger partial charge in [0.1, 0.15) is 5.75 Å². The van der Waals surface area contributed by atoms with E-state index in [1.54, 1.807) is 19.1 Å². The SMILES string of the molecule is Cc1ccc(CN=C(N)NC2CCCCC2)c(OCC(F)(F)F)c1.I. The van der Waals surface area contributed by atoms with Crippen molar-refractivity contribution in [2.45, 2.75) is 57.8 Å². The predicted octanol–water partition coefficient (Wildman–Crippen LogP) is 4.29. The third-order valence-corrected chi connectivity index (χ3v) is 3.99. The van der Waals surface area contributed by atoms with E-state index >= 15 is 0 Å². The van der Waals surface area contributed by atoms with E-state index in [0.717, 1.165) is 18.4 Å². The molecule has 1 aromatic rings.